The fraction of sp³-hybridized carbons (Fsp3) is 0.250. The molecule has 0 bridgehead atoms. The van der Waals surface area contributed by atoms with Crippen molar-refractivity contribution in [1.82, 2.24) is 0 Å². The van der Waals surface area contributed by atoms with Crippen molar-refractivity contribution in [2.45, 2.75) is 18.9 Å². The molecule has 3 rings (SSSR count). The molecule has 0 heterocycles. The standard InChI is InChI=1S/C24H26N2O5/c1-30-21-11-10-16(14-22(21)31-2)12-13-25-20(24(28)29)15-23(27)26-19-9-5-7-17-6-3-4-8-18(17)19/h3-11,14,20,25H,12-13,15H2,1-2H3,(H,26,27)(H,28,29)/t20-/m0/s1. The number of quaternary nitrogens is 1. The smallest absolute Gasteiger partial charge is 0.230 e. The average Bonchev–Trinajstić information content (AvgIpc) is 2.78. The summed E-state index contributed by atoms with van der Waals surface area (Å²) >= 11 is 0. The number of nitrogens with one attached hydrogen (secondary N) is 1. The molecular weight excluding hydrogens is 396 g/mol. The van der Waals surface area contributed by atoms with Gasteiger partial charge in [0.2, 0.25) is 5.91 Å². The average molecular weight is 422 g/mol. The fourth-order valence-corrected chi connectivity index (χ4v) is 3.49. The predicted octanol–water partition coefficient (Wildman–Crippen LogP) is 1.11. The van der Waals surface area contributed by atoms with Gasteiger partial charge in [0.25, 0.3) is 0 Å². The summed E-state index contributed by atoms with van der Waals surface area (Å²) in [5, 5.41) is 17.9. The summed E-state index contributed by atoms with van der Waals surface area (Å²) in [7, 11) is 3.13. The van der Waals surface area contributed by atoms with Gasteiger partial charge in [-0.15, -0.1) is 0 Å². The molecule has 7 heteroatoms. The number of nitrogens with two attached hydrogens (primary N) is 1. The van der Waals surface area contributed by atoms with Crippen LogP contribution in [0.3, 0.4) is 0 Å². The summed E-state index contributed by atoms with van der Waals surface area (Å²) in [6.07, 6.45) is 0.423. The van der Waals surface area contributed by atoms with Crippen LogP contribution < -0.4 is 25.2 Å². The summed E-state index contributed by atoms with van der Waals surface area (Å²) in [5.41, 5.74) is 1.64. The first kappa shape index (κ1) is 22.1. The van der Waals surface area contributed by atoms with Crippen molar-refractivity contribution < 1.29 is 29.5 Å². The summed E-state index contributed by atoms with van der Waals surface area (Å²) in [4.78, 5) is 24.1. The molecule has 0 saturated carbocycles. The number of carbonyl (C=O) groups is 2. The van der Waals surface area contributed by atoms with Gasteiger partial charge in [-0.2, -0.15) is 0 Å². The highest BCUT2D eigenvalue weighted by molar-refractivity contribution is 6.02. The Balaban J connectivity index is 1.58. The van der Waals surface area contributed by atoms with Gasteiger partial charge in [0.1, 0.15) is 6.04 Å². The topological polar surface area (TPSA) is 104 Å². The number of methoxy groups -OCH3 is 2. The fourth-order valence-electron chi connectivity index (χ4n) is 3.49. The third-order valence-corrected chi connectivity index (χ3v) is 5.10. The van der Waals surface area contributed by atoms with Crippen LogP contribution in [0.5, 0.6) is 11.5 Å². The highest BCUT2D eigenvalue weighted by atomic mass is 16.5. The number of anilines is 1. The van der Waals surface area contributed by atoms with Crippen molar-refractivity contribution in [2.75, 3.05) is 26.1 Å². The first-order valence-electron chi connectivity index (χ1n) is 10.0. The number of carboxylic acids is 1. The summed E-state index contributed by atoms with van der Waals surface area (Å²) in [5.74, 6) is -0.382. The van der Waals surface area contributed by atoms with E-state index in [-0.39, 0.29) is 12.3 Å². The number of amides is 1. The van der Waals surface area contributed by atoms with Gasteiger partial charge in [-0.1, -0.05) is 42.5 Å². The zero-order chi connectivity index (χ0) is 22.2. The van der Waals surface area contributed by atoms with E-state index in [4.69, 9.17) is 9.47 Å². The number of hydrogen-bond acceptors (Lipinski definition) is 5. The van der Waals surface area contributed by atoms with E-state index in [1.165, 1.54) is 0 Å². The molecule has 0 fully saturated rings. The maximum absolute atomic E-state index is 12.5. The predicted molar refractivity (Wildman–Crippen MR) is 116 cm³/mol. The van der Waals surface area contributed by atoms with Crippen LogP contribution >= 0.6 is 0 Å². The third kappa shape index (κ3) is 5.73. The summed E-state index contributed by atoms with van der Waals surface area (Å²) < 4.78 is 10.5. The molecule has 1 amide bonds. The first-order valence-corrected chi connectivity index (χ1v) is 10.0. The first-order chi connectivity index (χ1) is 15.0. The number of aliphatic carboxylic acids is 1. The number of rotatable bonds is 10. The summed E-state index contributed by atoms with van der Waals surface area (Å²) in [6.45, 7) is 0.482. The van der Waals surface area contributed by atoms with Gasteiger partial charge in [-0.25, -0.2) is 0 Å². The van der Waals surface area contributed by atoms with Crippen molar-refractivity contribution in [1.29, 1.82) is 0 Å². The second-order valence-corrected chi connectivity index (χ2v) is 7.17. The number of ether oxygens (including phenoxy) is 2. The summed E-state index contributed by atoms with van der Waals surface area (Å²) in [6, 6.07) is 17.9. The highest BCUT2D eigenvalue weighted by Gasteiger charge is 2.19. The number of benzene rings is 3. The second-order valence-electron chi connectivity index (χ2n) is 7.17. The van der Waals surface area contributed by atoms with E-state index in [9.17, 15) is 14.7 Å². The van der Waals surface area contributed by atoms with Crippen molar-refractivity contribution in [3.63, 3.8) is 0 Å². The van der Waals surface area contributed by atoms with Gasteiger partial charge < -0.3 is 30.0 Å². The lowest BCUT2D eigenvalue weighted by molar-refractivity contribution is -0.682. The molecule has 3 aromatic rings. The van der Waals surface area contributed by atoms with Gasteiger partial charge >= 0.3 is 0 Å². The van der Waals surface area contributed by atoms with E-state index in [1.807, 2.05) is 54.6 Å². The normalized spacial score (nSPS) is 11.7. The molecule has 0 radical (unpaired) electrons. The van der Waals surface area contributed by atoms with Gasteiger partial charge in [-0.05, 0) is 29.1 Å². The van der Waals surface area contributed by atoms with Gasteiger partial charge in [-0.3, -0.25) is 4.79 Å². The Morgan fingerprint density at radius 2 is 1.74 bits per heavy atom. The van der Waals surface area contributed by atoms with Crippen molar-refractivity contribution in [3.05, 3.63) is 66.2 Å². The van der Waals surface area contributed by atoms with E-state index in [0.717, 1.165) is 16.3 Å². The van der Waals surface area contributed by atoms with Crippen molar-refractivity contribution in [3.8, 4) is 11.5 Å². The van der Waals surface area contributed by atoms with Crippen molar-refractivity contribution in [2.24, 2.45) is 0 Å². The Kier molecular flexibility index (Phi) is 7.45. The van der Waals surface area contributed by atoms with E-state index >= 15 is 0 Å². The maximum Gasteiger partial charge on any atom is 0.230 e. The lowest BCUT2D eigenvalue weighted by atomic mass is 10.1. The van der Waals surface area contributed by atoms with Crippen LogP contribution in [-0.4, -0.2) is 38.7 Å². The molecule has 1 atom stereocenters. The largest absolute Gasteiger partial charge is 0.544 e. The SMILES string of the molecule is COc1ccc(CC[NH2+][C@@H](CC(=O)Nc2cccc3ccccc23)C(=O)[O-])cc1OC. The quantitative estimate of drug-likeness (QED) is 0.509. The zero-order valence-electron chi connectivity index (χ0n) is 17.6. The van der Waals surface area contributed by atoms with Gasteiger partial charge in [0.05, 0.1) is 33.2 Å². The van der Waals surface area contributed by atoms with Crippen LogP contribution in [0.1, 0.15) is 12.0 Å². The highest BCUT2D eigenvalue weighted by Crippen LogP contribution is 2.27. The number of carbonyl (C=O) groups excluding carboxylic acids is 2. The Morgan fingerprint density at radius 1 is 1.00 bits per heavy atom. The molecule has 0 aliphatic carbocycles. The number of hydrogen-bond donors (Lipinski definition) is 2. The molecule has 0 aliphatic rings. The molecule has 0 aromatic heterocycles. The van der Waals surface area contributed by atoms with E-state index in [1.54, 1.807) is 25.6 Å². The van der Waals surface area contributed by atoms with Gasteiger partial charge in [0, 0.05) is 17.5 Å². The van der Waals surface area contributed by atoms with Crippen molar-refractivity contribution >= 4 is 28.3 Å². The molecule has 7 nitrogen and oxygen atoms in total. The number of fused-ring (bicyclic) bond motifs is 1. The van der Waals surface area contributed by atoms with Crippen LogP contribution in [0.15, 0.2) is 60.7 Å². The second kappa shape index (κ2) is 10.4. The molecule has 162 valence electrons. The monoisotopic (exact) mass is 422 g/mol. The molecule has 0 unspecified atom stereocenters. The van der Waals surface area contributed by atoms with Crippen LogP contribution in [0.25, 0.3) is 10.8 Å². The molecule has 0 spiro atoms. The van der Waals surface area contributed by atoms with Crippen LogP contribution in [-0.2, 0) is 16.0 Å². The van der Waals surface area contributed by atoms with Crippen LogP contribution in [0, 0.1) is 0 Å². The molecule has 3 aromatic carbocycles. The Bertz CT molecular complexity index is 1060. The molecule has 0 saturated heterocycles. The Labute approximate surface area is 181 Å². The van der Waals surface area contributed by atoms with E-state index < -0.39 is 12.0 Å². The Morgan fingerprint density at radius 3 is 2.48 bits per heavy atom. The van der Waals surface area contributed by atoms with Gasteiger partial charge in [0.15, 0.2) is 11.5 Å². The molecule has 3 N–H and O–H groups in total. The van der Waals surface area contributed by atoms with Crippen LogP contribution in [0.4, 0.5) is 5.69 Å². The minimum atomic E-state index is -1.26. The molecular formula is C24H26N2O5. The third-order valence-electron chi connectivity index (χ3n) is 5.10. The number of carboxylic acid groups (broad SMARTS) is 1. The minimum Gasteiger partial charge on any atom is -0.544 e. The minimum absolute atomic E-state index is 0.183. The van der Waals surface area contributed by atoms with E-state index in [0.29, 0.717) is 30.2 Å². The molecule has 31 heavy (non-hydrogen) atoms. The zero-order valence-corrected chi connectivity index (χ0v) is 17.6. The lowest BCUT2D eigenvalue weighted by Crippen LogP contribution is -2.93. The molecule has 0 aliphatic heterocycles. The van der Waals surface area contributed by atoms with Crippen LogP contribution in [0.2, 0.25) is 0 Å². The van der Waals surface area contributed by atoms with E-state index in [2.05, 4.69) is 5.32 Å². The maximum atomic E-state index is 12.5. The Hall–Kier alpha value is -3.58. The lowest BCUT2D eigenvalue weighted by Gasteiger charge is -2.17.